The zero-order valence-electron chi connectivity index (χ0n) is 17.6. The summed E-state index contributed by atoms with van der Waals surface area (Å²) >= 11 is 13.2. The average molecular weight is 480 g/mol. The summed E-state index contributed by atoms with van der Waals surface area (Å²) in [4.78, 5) is 31.5. The monoisotopic (exact) mass is 479 g/mol. The first-order valence-electron chi connectivity index (χ1n) is 9.64. The molecule has 0 saturated heterocycles. The molecule has 0 fully saturated rings. The van der Waals surface area contributed by atoms with E-state index in [0.717, 1.165) is 11.3 Å². The molecule has 0 aliphatic carbocycles. The molecular weight excluding hydrogens is 457 g/mol. The van der Waals surface area contributed by atoms with E-state index in [9.17, 15) is 9.59 Å². The topological polar surface area (TPSA) is 79.6 Å². The molecule has 31 heavy (non-hydrogen) atoms. The highest BCUT2D eigenvalue weighted by molar-refractivity contribution is 8.14. The quantitative estimate of drug-likeness (QED) is 0.613. The molecule has 2 heterocycles. The third-order valence-electron chi connectivity index (χ3n) is 4.34. The number of nitrogens with zero attached hydrogens (tertiary/aromatic N) is 4. The minimum absolute atomic E-state index is 0.0822. The number of aromatic nitrogens is 2. The van der Waals surface area contributed by atoms with Gasteiger partial charge in [0.25, 0.3) is 5.91 Å². The van der Waals surface area contributed by atoms with E-state index < -0.39 is 0 Å². The van der Waals surface area contributed by atoms with E-state index in [-0.39, 0.29) is 23.5 Å². The maximum atomic E-state index is 13.0. The first-order valence-corrected chi connectivity index (χ1v) is 11.4. The summed E-state index contributed by atoms with van der Waals surface area (Å²) in [5, 5.41) is 8.41. The van der Waals surface area contributed by atoms with Crippen molar-refractivity contribution in [2.45, 2.75) is 20.8 Å². The van der Waals surface area contributed by atoms with Crippen LogP contribution in [-0.4, -0.2) is 44.0 Å². The summed E-state index contributed by atoms with van der Waals surface area (Å²) in [5.74, 6) is -0.107. The van der Waals surface area contributed by atoms with Gasteiger partial charge in [0.05, 0.1) is 22.2 Å². The molecular formula is C21H23Cl2N5O2S. The maximum Gasteiger partial charge on any atom is 0.278 e. The van der Waals surface area contributed by atoms with Crippen LogP contribution in [0.1, 0.15) is 25.1 Å². The fraction of sp³-hybridized carbons (Fsp3) is 0.333. The molecule has 1 aromatic carbocycles. The Bertz CT molecular complexity index is 1080. The standard InChI is InChI=1S/C21H23Cl2N5O2S/c1-12(2)9-28-20(30)18(7-14-10-27(4)26-13(14)3)25-21(28)31-11-19(29)24-17-6-5-15(22)8-16(17)23/h5-8,10,12H,9,11H2,1-4H3,(H,24,29)/b18-7+. The number of amidine groups is 1. The summed E-state index contributed by atoms with van der Waals surface area (Å²) in [7, 11) is 1.83. The predicted molar refractivity (Wildman–Crippen MR) is 127 cm³/mol. The van der Waals surface area contributed by atoms with Crippen LogP contribution in [0, 0.1) is 12.8 Å². The number of hydrogen-bond acceptors (Lipinski definition) is 5. The molecule has 1 aliphatic heterocycles. The predicted octanol–water partition coefficient (Wildman–Crippen LogP) is 4.60. The highest BCUT2D eigenvalue weighted by Crippen LogP contribution is 2.27. The van der Waals surface area contributed by atoms with Crippen LogP contribution in [0.5, 0.6) is 0 Å². The van der Waals surface area contributed by atoms with E-state index in [1.165, 1.54) is 11.8 Å². The first-order chi connectivity index (χ1) is 14.6. The number of aliphatic imine (C=N–C) groups is 1. The lowest BCUT2D eigenvalue weighted by Crippen LogP contribution is -2.34. The summed E-state index contributed by atoms with van der Waals surface area (Å²) in [6.45, 7) is 6.44. The van der Waals surface area contributed by atoms with Crippen molar-refractivity contribution >= 4 is 63.7 Å². The number of anilines is 1. The van der Waals surface area contributed by atoms with Gasteiger partial charge in [-0.3, -0.25) is 19.2 Å². The lowest BCUT2D eigenvalue weighted by molar-refractivity contribution is -0.122. The van der Waals surface area contributed by atoms with Crippen LogP contribution in [0.2, 0.25) is 10.0 Å². The molecule has 164 valence electrons. The van der Waals surface area contributed by atoms with Crippen LogP contribution in [0.3, 0.4) is 0 Å². The van der Waals surface area contributed by atoms with Gasteiger partial charge in [-0.25, -0.2) is 4.99 Å². The van der Waals surface area contributed by atoms with Crippen molar-refractivity contribution < 1.29 is 9.59 Å². The number of aryl methyl sites for hydroxylation is 2. The number of carbonyl (C=O) groups is 2. The van der Waals surface area contributed by atoms with Crippen LogP contribution in [0.4, 0.5) is 5.69 Å². The van der Waals surface area contributed by atoms with Crippen LogP contribution in [-0.2, 0) is 16.6 Å². The van der Waals surface area contributed by atoms with E-state index in [0.29, 0.717) is 33.1 Å². The van der Waals surface area contributed by atoms with Crippen molar-refractivity contribution in [3.8, 4) is 0 Å². The number of amides is 2. The van der Waals surface area contributed by atoms with Gasteiger partial charge in [0.15, 0.2) is 5.17 Å². The highest BCUT2D eigenvalue weighted by Gasteiger charge is 2.31. The van der Waals surface area contributed by atoms with Crippen LogP contribution in [0.15, 0.2) is 35.1 Å². The molecule has 2 aromatic rings. The van der Waals surface area contributed by atoms with E-state index >= 15 is 0 Å². The molecule has 0 unspecified atom stereocenters. The van der Waals surface area contributed by atoms with Crippen molar-refractivity contribution in [2.75, 3.05) is 17.6 Å². The van der Waals surface area contributed by atoms with Gasteiger partial charge in [0.2, 0.25) is 5.91 Å². The Kier molecular flexibility index (Phi) is 7.46. The Morgan fingerprint density at radius 3 is 2.68 bits per heavy atom. The van der Waals surface area contributed by atoms with Crippen LogP contribution < -0.4 is 5.32 Å². The SMILES string of the molecule is Cc1nn(C)cc1/C=C1/N=C(SCC(=O)Nc2ccc(Cl)cc2Cl)N(CC(C)C)C1=O. The lowest BCUT2D eigenvalue weighted by Gasteiger charge is -2.19. The van der Waals surface area contributed by atoms with Gasteiger partial charge < -0.3 is 5.32 Å². The summed E-state index contributed by atoms with van der Waals surface area (Å²) in [6.07, 6.45) is 3.57. The van der Waals surface area contributed by atoms with E-state index in [4.69, 9.17) is 23.2 Å². The second-order valence-electron chi connectivity index (χ2n) is 7.54. The van der Waals surface area contributed by atoms with Gasteiger partial charge in [0, 0.05) is 30.4 Å². The number of thioether (sulfide) groups is 1. The van der Waals surface area contributed by atoms with Crippen molar-refractivity contribution in [3.63, 3.8) is 0 Å². The Morgan fingerprint density at radius 2 is 2.06 bits per heavy atom. The molecule has 10 heteroatoms. The number of nitrogens with one attached hydrogen (secondary N) is 1. The van der Waals surface area contributed by atoms with Crippen LogP contribution in [0.25, 0.3) is 6.08 Å². The third kappa shape index (κ3) is 5.90. The Labute approximate surface area is 195 Å². The summed E-state index contributed by atoms with van der Waals surface area (Å²) < 4.78 is 1.69. The highest BCUT2D eigenvalue weighted by atomic mass is 35.5. The molecule has 1 aromatic heterocycles. The van der Waals surface area contributed by atoms with Crippen LogP contribution >= 0.6 is 35.0 Å². The number of hydrogen-bond donors (Lipinski definition) is 1. The van der Waals surface area contributed by atoms with Gasteiger partial charge in [-0.05, 0) is 37.1 Å². The lowest BCUT2D eigenvalue weighted by atomic mass is 10.2. The smallest absolute Gasteiger partial charge is 0.278 e. The van der Waals surface area contributed by atoms with Crippen molar-refractivity contribution in [1.82, 2.24) is 14.7 Å². The molecule has 0 bridgehead atoms. The molecule has 0 spiro atoms. The molecule has 0 saturated carbocycles. The second-order valence-corrected chi connectivity index (χ2v) is 9.32. The minimum Gasteiger partial charge on any atom is -0.324 e. The third-order valence-corrected chi connectivity index (χ3v) is 5.86. The second kappa shape index (κ2) is 9.89. The van der Waals surface area contributed by atoms with E-state index in [2.05, 4.69) is 15.4 Å². The maximum absolute atomic E-state index is 13.0. The van der Waals surface area contributed by atoms with Gasteiger partial charge in [0.1, 0.15) is 5.70 Å². The number of carbonyl (C=O) groups excluding carboxylic acids is 2. The first kappa shape index (κ1) is 23.4. The molecule has 7 nitrogen and oxygen atoms in total. The summed E-state index contributed by atoms with van der Waals surface area (Å²) in [6, 6.07) is 4.86. The zero-order chi connectivity index (χ0) is 22.7. The van der Waals surface area contributed by atoms with Gasteiger partial charge in [-0.2, -0.15) is 5.10 Å². The van der Waals surface area contributed by atoms with Gasteiger partial charge in [-0.1, -0.05) is 48.8 Å². The Morgan fingerprint density at radius 1 is 1.32 bits per heavy atom. The normalized spacial score (nSPS) is 15.2. The average Bonchev–Trinajstić information content (AvgIpc) is 3.15. The Balaban J connectivity index is 1.75. The number of rotatable bonds is 6. The molecule has 1 aliphatic rings. The van der Waals surface area contributed by atoms with E-state index in [1.54, 1.807) is 33.9 Å². The van der Waals surface area contributed by atoms with Crippen molar-refractivity contribution in [1.29, 1.82) is 0 Å². The molecule has 0 radical (unpaired) electrons. The van der Waals surface area contributed by atoms with Crippen molar-refractivity contribution in [3.05, 3.63) is 51.4 Å². The minimum atomic E-state index is -0.255. The fourth-order valence-corrected chi connectivity index (χ4v) is 4.25. The van der Waals surface area contributed by atoms with Crippen molar-refractivity contribution in [2.24, 2.45) is 18.0 Å². The Hall–Kier alpha value is -2.29. The van der Waals surface area contributed by atoms with Gasteiger partial charge >= 0.3 is 0 Å². The molecule has 0 atom stereocenters. The molecule has 3 rings (SSSR count). The number of benzene rings is 1. The van der Waals surface area contributed by atoms with Gasteiger partial charge in [-0.15, -0.1) is 0 Å². The fourth-order valence-electron chi connectivity index (χ4n) is 2.98. The molecule has 1 N–H and O–H groups in total. The molecule has 2 amide bonds. The zero-order valence-corrected chi connectivity index (χ0v) is 20.0. The largest absolute Gasteiger partial charge is 0.324 e. The number of halogens is 2. The van der Waals surface area contributed by atoms with E-state index in [1.807, 2.05) is 34.0 Å². The summed E-state index contributed by atoms with van der Waals surface area (Å²) in [5.41, 5.74) is 2.46.